The summed E-state index contributed by atoms with van der Waals surface area (Å²) in [4.78, 5) is 22.7. The smallest absolute Gasteiger partial charge is 0.435 e. The Hall–Kier alpha value is -1.30. The summed E-state index contributed by atoms with van der Waals surface area (Å²) >= 11 is 0. The van der Waals surface area contributed by atoms with E-state index in [1.54, 1.807) is 34.6 Å². The largest absolute Gasteiger partial charge is 0.442 e. The van der Waals surface area contributed by atoms with E-state index in [4.69, 9.17) is 4.74 Å². The third kappa shape index (κ3) is 2.44. The van der Waals surface area contributed by atoms with Crippen molar-refractivity contribution in [1.29, 1.82) is 0 Å². The predicted molar refractivity (Wildman–Crippen MR) is 55.9 cm³/mol. The highest BCUT2D eigenvalue weighted by Crippen LogP contribution is 2.25. The Kier molecular flexibility index (Phi) is 2.89. The van der Waals surface area contributed by atoms with Crippen LogP contribution in [-0.2, 0) is 9.53 Å². The molecule has 1 aliphatic rings. The third-order valence-corrected chi connectivity index (χ3v) is 2.20. The van der Waals surface area contributed by atoms with Gasteiger partial charge >= 0.3 is 6.09 Å². The van der Waals surface area contributed by atoms with E-state index in [2.05, 4.69) is 5.32 Å². The van der Waals surface area contributed by atoms with Gasteiger partial charge in [0.2, 0.25) is 5.91 Å². The summed E-state index contributed by atoms with van der Waals surface area (Å²) in [5, 5.41) is 12.5. The maximum Gasteiger partial charge on any atom is 0.435 e. The second kappa shape index (κ2) is 3.62. The molecule has 6 heteroatoms. The molecule has 0 spiro atoms. The lowest BCUT2D eigenvalue weighted by atomic mass is 9.85. The Bertz CT molecular complexity index is 319. The number of β-lactam (4-membered cyclic amide) rings is 1. The number of rotatable bonds is 1. The van der Waals surface area contributed by atoms with Crippen LogP contribution in [0.2, 0.25) is 0 Å². The molecule has 2 N–H and O–H groups in total. The topological polar surface area (TPSA) is 78.9 Å². The Morgan fingerprint density at radius 3 is 2.31 bits per heavy atom. The number of nitrogens with zero attached hydrogens (tertiary/aromatic N) is 1. The molecular weight excluding hydrogens is 212 g/mol. The van der Waals surface area contributed by atoms with Gasteiger partial charge in [0.25, 0.3) is 0 Å². The fourth-order valence-corrected chi connectivity index (χ4v) is 1.54. The molecule has 0 aliphatic carbocycles. The van der Waals surface area contributed by atoms with Crippen LogP contribution in [0.25, 0.3) is 0 Å². The molecule has 0 radical (unpaired) electrons. The first-order valence-corrected chi connectivity index (χ1v) is 5.08. The number of carbonyl (C=O) groups is 2. The average molecular weight is 230 g/mol. The molecule has 0 aromatic rings. The third-order valence-electron chi connectivity index (χ3n) is 2.20. The summed E-state index contributed by atoms with van der Waals surface area (Å²) < 4.78 is 4.96. The van der Waals surface area contributed by atoms with Gasteiger partial charge in [-0.05, 0) is 34.6 Å². The summed E-state index contributed by atoms with van der Waals surface area (Å²) in [7, 11) is 0. The van der Waals surface area contributed by atoms with Crippen LogP contribution in [0, 0.1) is 0 Å². The molecule has 0 bridgehead atoms. The SMILES string of the molecule is CC(C)(C)OC(=O)N(O)C1C(=O)NC1(C)C. The van der Waals surface area contributed by atoms with Gasteiger partial charge in [-0.15, -0.1) is 0 Å². The van der Waals surface area contributed by atoms with Crippen LogP contribution >= 0.6 is 0 Å². The van der Waals surface area contributed by atoms with Crippen LogP contribution < -0.4 is 5.32 Å². The molecule has 92 valence electrons. The molecule has 0 aromatic carbocycles. The van der Waals surface area contributed by atoms with Gasteiger partial charge in [0.15, 0.2) is 6.04 Å². The number of hydrogen-bond donors (Lipinski definition) is 2. The Morgan fingerprint density at radius 1 is 1.50 bits per heavy atom. The van der Waals surface area contributed by atoms with E-state index in [-0.39, 0.29) is 0 Å². The van der Waals surface area contributed by atoms with E-state index in [1.165, 1.54) is 0 Å². The minimum Gasteiger partial charge on any atom is -0.442 e. The van der Waals surface area contributed by atoms with Crippen molar-refractivity contribution in [2.75, 3.05) is 0 Å². The first-order chi connectivity index (χ1) is 7.04. The van der Waals surface area contributed by atoms with Gasteiger partial charge in [0.1, 0.15) is 5.60 Å². The van der Waals surface area contributed by atoms with Crippen LogP contribution in [0.1, 0.15) is 34.6 Å². The normalized spacial score (nSPS) is 23.1. The predicted octanol–water partition coefficient (Wildman–Crippen LogP) is 0.890. The summed E-state index contributed by atoms with van der Waals surface area (Å²) in [6.45, 7) is 8.49. The van der Waals surface area contributed by atoms with Crippen LogP contribution in [0.15, 0.2) is 0 Å². The van der Waals surface area contributed by atoms with Gasteiger partial charge in [-0.2, -0.15) is 5.06 Å². The molecule has 1 unspecified atom stereocenters. The fourth-order valence-electron chi connectivity index (χ4n) is 1.54. The molecule has 6 nitrogen and oxygen atoms in total. The molecule has 0 saturated carbocycles. The summed E-state index contributed by atoms with van der Waals surface area (Å²) in [6, 6.07) is -0.901. The molecule has 1 saturated heterocycles. The standard InChI is InChI=1S/C10H18N2O4/c1-9(2,3)16-8(14)12(15)6-7(13)11-10(6,4)5/h6,15H,1-5H3,(H,11,13). The van der Waals surface area contributed by atoms with Crippen LogP contribution in [0.3, 0.4) is 0 Å². The number of carbonyl (C=O) groups excluding carboxylic acids is 2. The molecule has 1 rings (SSSR count). The first-order valence-electron chi connectivity index (χ1n) is 5.08. The summed E-state index contributed by atoms with van der Waals surface area (Å²) in [5.41, 5.74) is -1.34. The average Bonchev–Trinajstić information content (AvgIpc) is 1.98. The van der Waals surface area contributed by atoms with E-state index in [0.29, 0.717) is 5.06 Å². The highest BCUT2D eigenvalue weighted by Gasteiger charge is 2.52. The monoisotopic (exact) mass is 230 g/mol. The Balaban J connectivity index is 2.68. The van der Waals surface area contributed by atoms with Crippen molar-refractivity contribution in [3.8, 4) is 0 Å². The lowest BCUT2D eigenvalue weighted by Gasteiger charge is -2.46. The van der Waals surface area contributed by atoms with E-state index >= 15 is 0 Å². The van der Waals surface area contributed by atoms with Crippen molar-refractivity contribution in [1.82, 2.24) is 10.4 Å². The molecule has 1 atom stereocenters. The lowest BCUT2D eigenvalue weighted by molar-refractivity contribution is -0.177. The van der Waals surface area contributed by atoms with Gasteiger partial charge in [-0.3, -0.25) is 10.0 Å². The second-order valence-electron chi connectivity index (χ2n) is 5.44. The number of hydroxylamine groups is 2. The van der Waals surface area contributed by atoms with Crippen molar-refractivity contribution in [3.63, 3.8) is 0 Å². The van der Waals surface area contributed by atoms with E-state index in [0.717, 1.165) is 0 Å². The Labute approximate surface area is 94.5 Å². The maximum absolute atomic E-state index is 11.5. The number of amides is 2. The number of hydrogen-bond acceptors (Lipinski definition) is 4. The first kappa shape index (κ1) is 12.8. The van der Waals surface area contributed by atoms with Gasteiger partial charge in [-0.1, -0.05) is 0 Å². The van der Waals surface area contributed by atoms with E-state index < -0.39 is 29.2 Å². The number of ether oxygens (including phenoxy) is 1. The van der Waals surface area contributed by atoms with Crippen molar-refractivity contribution < 1.29 is 19.5 Å². The van der Waals surface area contributed by atoms with Crippen LogP contribution in [-0.4, -0.2) is 39.5 Å². The van der Waals surface area contributed by atoms with Crippen molar-refractivity contribution in [2.24, 2.45) is 0 Å². The zero-order valence-corrected chi connectivity index (χ0v) is 10.2. The molecule has 0 aromatic heterocycles. The van der Waals surface area contributed by atoms with Gasteiger partial charge in [0.05, 0.1) is 5.54 Å². The van der Waals surface area contributed by atoms with E-state index in [1.807, 2.05) is 0 Å². The van der Waals surface area contributed by atoms with Gasteiger partial charge in [-0.25, -0.2) is 4.79 Å². The molecule has 1 aliphatic heterocycles. The molecular formula is C10H18N2O4. The fraction of sp³-hybridized carbons (Fsp3) is 0.800. The minimum atomic E-state index is -0.916. The maximum atomic E-state index is 11.5. The minimum absolute atomic E-state index is 0.351. The highest BCUT2D eigenvalue weighted by atomic mass is 16.6. The van der Waals surface area contributed by atoms with E-state index in [9.17, 15) is 14.8 Å². The molecule has 1 fully saturated rings. The zero-order chi connectivity index (χ0) is 12.7. The molecule has 2 amide bonds. The van der Waals surface area contributed by atoms with Gasteiger partial charge < -0.3 is 10.1 Å². The quantitative estimate of drug-likeness (QED) is 0.398. The van der Waals surface area contributed by atoms with Gasteiger partial charge in [0, 0.05) is 0 Å². The summed E-state index contributed by atoms with van der Waals surface area (Å²) in [6.07, 6.45) is -0.916. The lowest BCUT2D eigenvalue weighted by Crippen LogP contribution is -2.75. The second-order valence-corrected chi connectivity index (χ2v) is 5.44. The van der Waals surface area contributed by atoms with Crippen molar-refractivity contribution in [2.45, 2.75) is 51.8 Å². The molecule has 16 heavy (non-hydrogen) atoms. The van der Waals surface area contributed by atoms with Crippen molar-refractivity contribution >= 4 is 12.0 Å². The summed E-state index contributed by atoms with van der Waals surface area (Å²) in [5.74, 6) is -0.390. The zero-order valence-electron chi connectivity index (χ0n) is 10.2. The van der Waals surface area contributed by atoms with Crippen LogP contribution in [0.4, 0.5) is 4.79 Å². The van der Waals surface area contributed by atoms with Crippen molar-refractivity contribution in [3.05, 3.63) is 0 Å². The number of nitrogens with one attached hydrogen (secondary N) is 1. The Morgan fingerprint density at radius 2 is 2.00 bits per heavy atom. The highest BCUT2D eigenvalue weighted by molar-refractivity contribution is 5.93. The molecule has 1 heterocycles. The van der Waals surface area contributed by atoms with Crippen LogP contribution in [0.5, 0.6) is 0 Å².